The Balaban J connectivity index is 1.19. The van der Waals surface area contributed by atoms with Crippen LogP contribution in [0.15, 0.2) is 119 Å². The zero-order valence-corrected chi connectivity index (χ0v) is 26.4. The second-order valence-electron chi connectivity index (χ2n) is 11.1. The van der Waals surface area contributed by atoms with Crippen molar-refractivity contribution in [1.82, 2.24) is 9.71 Å². The van der Waals surface area contributed by atoms with Gasteiger partial charge < -0.3 is 20.3 Å². The number of hydrogen-bond donors (Lipinski definition) is 3. The molecule has 0 saturated carbocycles. The molecule has 4 unspecified atom stereocenters. The standard InChI is InChI=1S/C35H35N3O5S2/c1-23-30(22-44-31-9-3-2-8-29(31)36)42-35(43-34(23)27-15-13-25(21-39)14-16-27)28-17-11-24(12-18-28)20-38-45(40,41)32-10-4-6-26-7-5-19-37-33(26)32/h2-19,23,30,34-35,38-39H,20-22,36H2,1H3. The highest BCUT2D eigenvalue weighted by atomic mass is 32.2. The first-order valence-corrected chi connectivity index (χ1v) is 17.2. The number of anilines is 1. The quantitative estimate of drug-likeness (QED) is 0.119. The number of nitrogens with two attached hydrogens (primary N) is 1. The Kier molecular flexibility index (Phi) is 9.50. The van der Waals surface area contributed by atoms with Gasteiger partial charge in [-0.2, -0.15) is 0 Å². The minimum Gasteiger partial charge on any atom is -0.398 e. The van der Waals surface area contributed by atoms with Gasteiger partial charge in [-0.3, -0.25) is 4.98 Å². The highest BCUT2D eigenvalue weighted by molar-refractivity contribution is 7.99. The number of ether oxygens (including phenoxy) is 2. The summed E-state index contributed by atoms with van der Waals surface area (Å²) in [5.74, 6) is 0.722. The van der Waals surface area contributed by atoms with Crippen LogP contribution in [0.1, 0.15) is 41.6 Å². The Morgan fingerprint density at radius 1 is 0.867 bits per heavy atom. The molecule has 2 heterocycles. The highest BCUT2D eigenvalue weighted by Gasteiger charge is 2.38. The van der Waals surface area contributed by atoms with E-state index in [-0.39, 0.29) is 36.2 Å². The van der Waals surface area contributed by atoms with Crippen molar-refractivity contribution in [3.05, 3.63) is 132 Å². The van der Waals surface area contributed by atoms with Gasteiger partial charge in [0.1, 0.15) is 4.90 Å². The summed E-state index contributed by atoms with van der Waals surface area (Å²) in [7, 11) is -3.79. The van der Waals surface area contributed by atoms with Crippen molar-refractivity contribution in [2.75, 3.05) is 11.5 Å². The normalized spacial score (nSPS) is 20.3. The summed E-state index contributed by atoms with van der Waals surface area (Å²) in [6.07, 6.45) is 0.577. The average molecular weight is 642 g/mol. The van der Waals surface area contributed by atoms with Crippen LogP contribution in [0.2, 0.25) is 0 Å². The molecule has 232 valence electrons. The van der Waals surface area contributed by atoms with Crippen LogP contribution in [-0.2, 0) is 32.6 Å². The van der Waals surface area contributed by atoms with Gasteiger partial charge in [0.05, 0.1) is 24.3 Å². The fourth-order valence-corrected chi connectivity index (χ4v) is 7.77. The molecule has 0 radical (unpaired) electrons. The van der Waals surface area contributed by atoms with Gasteiger partial charge in [-0.15, -0.1) is 11.8 Å². The first kappa shape index (κ1) is 31.2. The van der Waals surface area contributed by atoms with Crippen molar-refractivity contribution in [2.45, 2.75) is 48.4 Å². The number of aliphatic hydroxyl groups is 1. The van der Waals surface area contributed by atoms with Crippen LogP contribution < -0.4 is 10.5 Å². The molecule has 1 aliphatic rings. The second-order valence-corrected chi connectivity index (χ2v) is 13.9. The smallest absolute Gasteiger partial charge is 0.243 e. The number of sulfonamides is 1. The van der Waals surface area contributed by atoms with Crippen molar-refractivity contribution in [1.29, 1.82) is 0 Å². The third-order valence-electron chi connectivity index (χ3n) is 8.05. The van der Waals surface area contributed by atoms with E-state index in [1.807, 2.05) is 84.9 Å². The Labute approximate surface area is 267 Å². The largest absolute Gasteiger partial charge is 0.398 e. The maximum absolute atomic E-state index is 13.2. The number of fused-ring (bicyclic) bond motifs is 1. The van der Waals surface area contributed by atoms with E-state index in [0.29, 0.717) is 11.3 Å². The summed E-state index contributed by atoms with van der Waals surface area (Å²) in [5.41, 5.74) is 10.8. The Morgan fingerprint density at radius 3 is 2.33 bits per heavy atom. The maximum atomic E-state index is 13.2. The second kappa shape index (κ2) is 13.7. The van der Waals surface area contributed by atoms with E-state index in [0.717, 1.165) is 38.2 Å². The number of rotatable bonds is 10. The van der Waals surface area contributed by atoms with Crippen molar-refractivity contribution >= 4 is 38.4 Å². The van der Waals surface area contributed by atoms with E-state index in [1.54, 1.807) is 36.2 Å². The predicted molar refractivity (Wildman–Crippen MR) is 177 cm³/mol. The van der Waals surface area contributed by atoms with Crippen molar-refractivity contribution < 1.29 is 23.0 Å². The lowest BCUT2D eigenvalue weighted by atomic mass is 9.91. The molecule has 1 fully saturated rings. The summed E-state index contributed by atoms with van der Waals surface area (Å²) >= 11 is 1.66. The van der Waals surface area contributed by atoms with Gasteiger partial charge in [0.2, 0.25) is 10.0 Å². The molecule has 8 nitrogen and oxygen atoms in total. The summed E-state index contributed by atoms with van der Waals surface area (Å²) in [4.78, 5) is 5.44. The van der Waals surface area contributed by atoms with Gasteiger partial charge >= 0.3 is 0 Å². The van der Waals surface area contributed by atoms with Gasteiger partial charge in [0.15, 0.2) is 6.29 Å². The summed E-state index contributed by atoms with van der Waals surface area (Å²) in [6, 6.07) is 31.9. The van der Waals surface area contributed by atoms with Crippen LogP contribution in [0.3, 0.4) is 0 Å². The molecule has 1 aliphatic heterocycles. The monoisotopic (exact) mass is 641 g/mol. The van der Waals surface area contributed by atoms with E-state index in [1.165, 1.54) is 0 Å². The molecule has 0 amide bonds. The minimum absolute atomic E-state index is 0.0216. The predicted octanol–water partition coefficient (Wildman–Crippen LogP) is 6.37. The zero-order chi connectivity index (χ0) is 31.4. The van der Waals surface area contributed by atoms with Crippen molar-refractivity contribution in [2.24, 2.45) is 5.92 Å². The fourth-order valence-electron chi connectivity index (χ4n) is 5.44. The fraction of sp³-hybridized carbons (Fsp3) is 0.229. The molecular formula is C35H35N3O5S2. The molecule has 5 aromatic rings. The van der Waals surface area contributed by atoms with Gasteiger partial charge in [0, 0.05) is 45.9 Å². The molecule has 6 rings (SSSR count). The Hall–Kier alpha value is -3.77. The molecule has 0 aliphatic carbocycles. The lowest BCUT2D eigenvalue weighted by Crippen LogP contribution is -2.38. The van der Waals surface area contributed by atoms with Crippen LogP contribution in [0.5, 0.6) is 0 Å². The van der Waals surface area contributed by atoms with Gasteiger partial charge in [-0.1, -0.05) is 85.8 Å². The number of pyridine rings is 1. The van der Waals surface area contributed by atoms with E-state index in [4.69, 9.17) is 15.2 Å². The third kappa shape index (κ3) is 7.06. The highest BCUT2D eigenvalue weighted by Crippen LogP contribution is 2.43. The number of aromatic nitrogens is 1. The molecule has 0 bridgehead atoms. The van der Waals surface area contributed by atoms with E-state index >= 15 is 0 Å². The van der Waals surface area contributed by atoms with E-state index in [2.05, 4.69) is 16.6 Å². The Bertz CT molecular complexity index is 1860. The number of nitrogens with one attached hydrogen (secondary N) is 1. The molecular weight excluding hydrogens is 607 g/mol. The number of nitrogens with zero attached hydrogens (tertiary/aromatic N) is 1. The number of thioether (sulfide) groups is 1. The van der Waals surface area contributed by atoms with E-state index in [9.17, 15) is 13.5 Å². The molecule has 45 heavy (non-hydrogen) atoms. The first-order chi connectivity index (χ1) is 21.8. The number of nitrogen functional groups attached to an aromatic ring is 1. The average Bonchev–Trinajstić information content (AvgIpc) is 3.07. The summed E-state index contributed by atoms with van der Waals surface area (Å²) in [6.45, 7) is 2.22. The SMILES string of the molecule is CC1C(CSc2ccccc2N)OC(c2ccc(CNS(=O)(=O)c3cccc4cccnc34)cc2)OC1c1ccc(CO)cc1. The number of hydrogen-bond acceptors (Lipinski definition) is 8. The molecule has 1 aromatic heterocycles. The molecule has 1 saturated heterocycles. The first-order valence-electron chi connectivity index (χ1n) is 14.7. The summed E-state index contributed by atoms with van der Waals surface area (Å²) in [5, 5.41) is 10.3. The van der Waals surface area contributed by atoms with Gasteiger partial charge in [-0.25, -0.2) is 13.1 Å². The lowest BCUT2D eigenvalue weighted by molar-refractivity contribution is -0.268. The zero-order valence-electron chi connectivity index (χ0n) is 24.7. The van der Waals surface area contributed by atoms with Gasteiger partial charge in [0.25, 0.3) is 0 Å². The topological polar surface area (TPSA) is 124 Å². The number of aliphatic hydroxyl groups excluding tert-OH is 1. The third-order valence-corrected chi connectivity index (χ3v) is 10.7. The molecule has 4 aromatic carbocycles. The molecule has 4 N–H and O–H groups in total. The van der Waals surface area contributed by atoms with Crippen LogP contribution in [0, 0.1) is 5.92 Å². The number of benzene rings is 4. The van der Waals surface area contributed by atoms with E-state index < -0.39 is 16.3 Å². The van der Waals surface area contributed by atoms with Crippen LogP contribution >= 0.6 is 11.8 Å². The molecule has 0 spiro atoms. The molecule has 10 heteroatoms. The maximum Gasteiger partial charge on any atom is 0.243 e. The minimum atomic E-state index is -3.79. The van der Waals surface area contributed by atoms with Crippen LogP contribution in [0.25, 0.3) is 10.9 Å². The Morgan fingerprint density at radius 2 is 1.58 bits per heavy atom. The van der Waals surface area contributed by atoms with Crippen LogP contribution in [-0.4, -0.2) is 30.4 Å². The van der Waals surface area contributed by atoms with Crippen LogP contribution in [0.4, 0.5) is 5.69 Å². The van der Waals surface area contributed by atoms with Gasteiger partial charge in [-0.05, 0) is 41.0 Å². The summed E-state index contributed by atoms with van der Waals surface area (Å²) < 4.78 is 42.2. The van der Waals surface area contributed by atoms with Crippen molar-refractivity contribution in [3.63, 3.8) is 0 Å². The molecule has 4 atom stereocenters. The van der Waals surface area contributed by atoms with Crippen molar-refractivity contribution in [3.8, 4) is 0 Å². The lowest BCUT2D eigenvalue weighted by Gasteiger charge is -2.41. The number of para-hydroxylation sites is 2.